The van der Waals surface area contributed by atoms with Crippen molar-refractivity contribution in [3.05, 3.63) is 0 Å². The topological polar surface area (TPSA) is 98.7 Å². The normalized spacial score (nSPS) is 10.3. The van der Waals surface area contributed by atoms with Crippen molar-refractivity contribution in [3.63, 3.8) is 0 Å². The van der Waals surface area contributed by atoms with E-state index in [0.29, 0.717) is 39.0 Å². The number of rotatable bonds is 10. The molecule has 0 atom stereocenters. The number of hydrogen-bond acceptors (Lipinski definition) is 4. The van der Waals surface area contributed by atoms with Crippen molar-refractivity contribution in [2.24, 2.45) is 0 Å². The number of aliphatic carboxylic acids is 1. The summed E-state index contributed by atoms with van der Waals surface area (Å²) in [6.07, 6.45) is 1.40. The van der Waals surface area contributed by atoms with Gasteiger partial charge in [-0.3, -0.25) is 19.3 Å². The molecule has 0 rings (SSSR count). The van der Waals surface area contributed by atoms with E-state index in [1.807, 2.05) is 0 Å². The van der Waals surface area contributed by atoms with E-state index in [0.717, 1.165) is 0 Å². The summed E-state index contributed by atoms with van der Waals surface area (Å²) in [7, 11) is 0. The Balaban J connectivity index is 3.84. The fraction of sp³-hybridized carbons (Fsp3) is 0.750. The molecule has 0 aromatic heterocycles. The van der Waals surface area contributed by atoms with Gasteiger partial charge in [-0.2, -0.15) is 0 Å². The predicted molar refractivity (Wildman–Crippen MR) is 70.7 cm³/mol. The summed E-state index contributed by atoms with van der Waals surface area (Å²) in [5.41, 5.74) is 0. The zero-order chi connectivity index (χ0) is 14.7. The quantitative estimate of drug-likeness (QED) is 0.463. The van der Waals surface area contributed by atoms with Gasteiger partial charge in [0.15, 0.2) is 0 Å². The molecule has 0 saturated carbocycles. The predicted octanol–water partition coefficient (Wildman–Crippen LogP) is -0.575. The number of nitrogens with one attached hydrogen (secondary N) is 2. The third-order valence-corrected chi connectivity index (χ3v) is 2.41. The monoisotopic (exact) mass is 273 g/mol. The first-order valence-electron chi connectivity index (χ1n) is 6.35. The Morgan fingerprint density at radius 2 is 1.37 bits per heavy atom. The first-order valence-corrected chi connectivity index (χ1v) is 6.35. The van der Waals surface area contributed by atoms with Gasteiger partial charge in [0.2, 0.25) is 11.8 Å². The van der Waals surface area contributed by atoms with Gasteiger partial charge in [-0.1, -0.05) is 0 Å². The van der Waals surface area contributed by atoms with Crippen LogP contribution >= 0.6 is 0 Å². The molecule has 0 bridgehead atoms. The maximum atomic E-state index is 10.7. The first kappa shape index (κ1) is 17.4. The van der Waals surface area contributed by atoms with Crippen molar-refractivity contribution >= 4 is 17.8 Å². The summed E-state index contributed by atoms with van der Waals surface area (Å²) in [5.74, 6) is -1.05. The van der Waals surface area contributed by atoms with Crippen molar-refractivity contribution in [3.8, 4) is 0 Å². The summed E-state index contributed by atoms with van der Waals surface area (Å²) in [4.78, 5) is 33.9. The highest BCUT2D eigenvalue weighted by atomic mass is 16.4. The van der Waals surface area contributed by atoms with E-state index in [-0.39, 0.29) is 18.4 Å². The lowest BCUT2D eigenvalue weighted by Crippen LogP contribution is -2.35. The van der Waals surface area contributed by atoms with Gasteiger partial charge in [-0.05, 0) is 12.8 Å². The second-order valence-corrected chi connectivity index (χ2v) is 4.34. The Bertz CT molecular complexity index is 285. The minimum atomic E-state index is -0.876. The van der Waals surface area contributed by atoms with E-state index in [2.05, 4.69) is 10.6 Å². The number of carbonyl (C=O) groups is 3. The molecule has 0 aliphatic heterocycles. The third-order valence-electron chi connectivity index (χ3n) is 2.41. The van der Waals surface area contributed by atoms with Gasteiger partial charge in [0.25, 0.3) is 0 Å². The SMILES string of the molecule is CC(=O)NCCCN(CCCNC(C)=O)CC(=O)O. The lowest BCUT2D eigenvalue weighted by molar-refractivity contribution is -0.138. The average Bonchev–Trinajstić information content (AvgIpc) is 2.28. The molecular formula is C12H23N3O4. The average molecular weight is 273 g/mol. The summed E-state index contributed by atoms with van der Waals surface area (Å²) in [6.45, 7) is 5.15. The van der Waals surface area contributed by atoms with Crippen molar-refractivity contribution < 1.29 is 19.5 Å². The Hall–Kier alpha value is -1.63. The second-order valence-electron chi connectivity index (χ2n) is 4.34. The Kier molecular flexibility index (Phi) is 9.42. The molecule has 0 unspecified atom stereocenters. The van der Waals surface area contributed by atoms with E-state index in [1.165, 1.54) is 13.8 Å². The molecular weight excluding hydrogens is 250 g/mol. The van der Waals surface area contributed by atoms with Crippen LogP contribution < -0.4 is 10.6 Å². The zero-order valence-electron chi connectivity index (χ0n) is 11.6. The fourth-order valence-electron chi connectivity index (χ4n) is 1.60. The largest absolute Gasteiger partial charge is 0.480 e. The maximum absolute atomic E-state index is 10.7. The van der Waals surface area contributed by atoms with Gasteiger partial charge < -0.3 is 15.7 Å². The number of hydrogen-bond donors (Lipinski definition) is 3. The lowest BCUT2D eigenvalue weighted by Gasteiger charge is -2.20. The molecule has 0 aromatic rings. The molecule has 0 aliphatic rings. The van der Waals surface area contributed by atoms with E-state index in [9.17, 15) is 14.4 Å². The molecule has 0 radical (unpaired) electrons. The Labute approximate surface area is 113 Å². The number of carboxylic acid groups (broad SMARTS) is 1. The highest BCUT2D eigenvalue weighted by molar-refractivity contribution is 5.73. The van der Waals surface area contributed by atoms with Crippen molar-refractivity contribution in [1.82, 2.24) is 15.5 Å². The van der Waals surface area contributed by atoms with Crippen LogP contribution in [0.25, 0.3) is 0 Å². The van der Waals surface area contributed by atoms with E-state index < -0.39 is 5.97 Å². The zero-order valence-corrected chi connectivity index (χ0v) is 11.6. The molecule has 7 nitrogen and oxygen atoms in total. The van der Waals surface area contributed by atoms with E-state index in [4.69, 9.17) is 5.11 Å². The van der Waals surface area contributed by atoms with Gasteiger partial charge >= 0.3 is 5.97 Å². The van der Waals surface area contributed by atoms with Crippen LogP contribution in [-0.4, -0.2) is 60.5 Å². The maximum Gasteiger partial charge on any atom is 0.317 e. The third kappa shape index (κ3) is 12.6. The Morgan fingerprint density at radius 1 is 0.947 bits per heavy atom. The lowest BCUT2D eigenvalue weighted by atomic mass is 10.3. The molecule has 0 aromatic carbocycles. The van der Waals surface area contributed by atoms with Crippen molar-refractivity contribution in [2.75, 3.05) is 32.7 Å². The van der Waals surface area contributed by atoms with Gasteiger partial charge in [-0.25, -0.2) is 0 Å². The van der Waals surface area contributed by atoms with Crippen LogP contribution in [0.5, 0.6) is 0 Å². The molecule has 0 aliphatic carbocycles. The van der Waals surface area contributed by atoms with Crippen LogP contribution in [0.4, 0.5) is 0 Å². The van der Waals surface area contributed by atoms with Crippen LogP contribution in [0.3, 0.4) is 0 Å². The molecule has 2 amide bonds. The number of carbonyl (C=O) groups excluding carboxylic acids is 2. The first-order chi connectivity index (χ1) is 8.91. The molecule has 7 heteroatoms. The summed E-state index contributed by atoms with van der Waals surface area (Å²) in [5, 5.41) is 14.1. The van der Waals surface area contributed by atoms with E-state index >= 15 is 0 Å². The van der Waals surface area contributed by atoms with Crippen LogP contribution in [0.15, 0.2) is 0 Å². The van der Waals surface area contributed by atoms with Crippen molar-refractivity contribution in [1.29, 1.82) is 0 Å². The van der Waals surface area contributed by atoms with Gasteiger partial charge in [0.05, 0.1) is 6.54 Å². The van der Waals surface area contributed by atoms with Crippen LogP contribution in [0.1, 0.15) is 26.7 Å². The van der Waals surface area contributed by atoms with Gasteiger partial charge in [-0.15, -0.1) is 0 Å². The summed E-state index contributed by atoms with van der Waals surface area (Å²) < 4.78 is 0. The summed E-state index contributed by atoms with van der Waals surface area (Å²) >= 11 is 0. The smallest absolute Gasteiger partial charge is 0.317 e. The molecule has 19 heavy (non-hydrogen) atoms. The van der Waals surface area contributed by atoms with Gasteiger partial charge in [0, 0.05) is 40.0 Å². The highest BCUT2D eigenvalue weighted by Gasteiger charge is 2.09. The van der Waals surface area contributed by atoms with Crippen molar-refractivity contribution in [2.45, 2.75) is 26.7 Å². The number of carboxylic acids is 1. The molecule has 0 spiro atoms. The number of amides is 2. The summed E-state index contributed by atoms with van der Waals surface area (Å²) in [6, 6.07) is 0. The standard InChI is InChI=1S/C12H23N3O4/c1-10(16)13-5-3-7-15(9-12(18)19)8-4-6-14-11(2)17/h3-9H2,1-2H3,(H,13,16)(H,14,17)(H,18,19). The Morgan fingerprint density at radius 3 is 1.68 bits per heavy atom. The molecule has 0 fully saturated rings. The molecule has 110 valence electrons. The molecule has 3 N–H and O–H groups in total. The van der Waals surface area contributed by atoms with Crippen LogP contribution in [0, 0.1) is 0 Å². The minimum Gasteiger partial charge on any atom is -0.480 e. The van der Waals surface area contributed by atoms with Crippen LogP contribution in [-0.2, 0) is 14.4 Å². The molecule has 0 heterocycles. The van der Waals surface area contributed by atoms with Crippen LogP contribution in [0.2, 0.25) is 0 Å². The second kappa shape index (κ2) is 10.3. The minimum absolute atomic E-state index is 0.0276. The van der Waals surface area contributed by atoms with Gasteiger partial charge in [0.1, 0.15) is 0 Å². The number of nitrogens with zero attached hydrogens (tertiary/aromatic N) is 1. The van der Waals surface area contributed by atoms with E-state index in [1.54, 1.807) is 4.90 Å². The fourth-order valence-corrected chi connectivity index (χ4v) is 1.60. The molecule has 0 saturated heterocycles. The highest BCUT2D eigenvalue weighted by Crippen LogP contribution is 1.94.